The third-order valence-corrected chi connectivity index (χ3v) is 4.03. The number of H-pyrrole nitrogens is 1. The summed E-state index contributed by atoms with van der Waals surface area (Å²) < 4.78 is 7.17. The minimum absolute atomic E-state index is 0.108. The fraction of sp³-hybridized carbons (Fsp3) is 0.385. The summed E-state index contributed by atoms with van der Waals surface area (Å²) in [6, 6.07) is 5.84. The molecule has 2 heterocycles. The van der Waals surface area contributed by atoms with Gasteiger partial charge in [0.2, 0.25) is 0 Å². The zero-order valence-corrected chi connectivity index (χ0v) is 12.9. The quantitative estimate of drug-likeness (QED) is 0.729. The first-order valence-electron chi connectivity index (χ1n) is 6.69. The molecule has 1 atom stereocenters. The van der Waals surface area contributed by atoms with E-state index in [0.717, 1.165) is 27.8 Å². The largest absolute Gasteiger partial charge is 0.494 e. The second kappa shape index (κ2) is 5.72. The SMILES string of the molecule is CCOc1ccc2nc(S[C@@H](C)c3nnnn3C)[nH]c2c1. The van der Waals surface area contributed by atoms with Crippen molar-refractivity contribution in [1.82, 2.24) is 30.2 Å². The Balaban J connectivity index is 1.82. The Bertz CT molecular complexity index is 752. The van der Waals surface area contributed by atoms with Crippen LogP contribution in [0.25, 0.3) is 11.0 Å². The van der Waals surface area contributed by atoms with E-state index in [-0.39, 0.29) is 5.25 Å². The first-order chi connectivity index (χ1) is 10.2. The molecule has 0 fully saturated rings. The van der Waals surface area contributed by atoms with Gasteiger partial charge in [-0.3, -0.25) is 0 Å². The number of rotatable bonds is 5. The van der Waals surface area contributed by atoms with E-state index in [1.807, 2.05) is 32.2 Å². The number of aromatic nitrogens is 6. The van der Waals surface area contributed by atoms with Crippen LogP contribution in [0.15, 0.2) is 23.4 Å². The molecule has 7 nitrogen and oxygen atoms in total. The van der Waals surface area contributed by atoms with Crippen molar-refractivity contribution in [1.29, 1.82) is 0 Å². The Kier molecular flexibility index (Phi) is 3.78. The van der Waals surface area contributed by atoms with Crippen molar-refractivity contribution in [2.45, 2.75) is 24.3 Å². The molecule has 8 heteroatoms. The Morgan fingerprint density at radius 2 is 2.29 bits per heavy atom. The Labute approximate surface area is 126 Å². The molecule has 110 valence electrons. The number of nitrogens with one attached hydrogen (secondary N) is 1. The number of hydrogen-bond donors (Lipinski definition) is 1. The van der Waals surface area contributed by atoms with Crippen LogP contribution in [-0.2, 0) is 7.05 Å². The van der Waals surface area contributed by atoms with Crippen molar-refractivity contribution in [3.05, 3.63) is 24.0 Å². The second-order valence-electron chi connectivity index (χ2n) is 4.57. The van der Waals surface area contributed by atoms with Gasteiger partial charge in [0.1, 0.15) is 5.75 Å². The highest BCUT2D eigenvalue weighted by Gasteiger charge is 2.16. The fourth-order valence-electron chi connectivity index (χ4n) is 2.08. The average molecular weight is 304 g/mol. The molecule has 1 N–H and O–H groups in total. The van der Waals surface area contributed by atoms with Gasteiger partial charge in [0, 0.05) is 13.1 Å². The lowest BCUT2D eigenvalue weighted by atomic mass is 10.3. The van der Waals surface area contributed by atoms with Crippen LogP contribution in [0.1, 0.15) is 24.9 Å². The number of thioether (sulfide) groups is 1. The highest BCUT2D eigenvalue weighted by Crippen LogP contribution is 2.33. The normalized spacial score (nSPS) is 12.7. The van der Waals surface area contributed by atoms with Crippen LogP contribution in [0.2, 0.25) is 0 Å². The maximum Gasteiger partial charge on any atom is 0.167 e. The number of tetrazole rings is 1. The molecule has 0 aliphatic heterocycles. The Hall–Kier alpha value is -2.09. The van der Waals surface area contributed by atoms with Crippen LogP contribution < -0.4 is 4.74 Å². The smallest absolute Gasteiger partial charge is 0.167 e. The topological polar surface area (TPSA) is 81.5 Å². The molecule has 0 spiro atoms. The summed E-state index contributed by atoms with van der Waals surface area (Å²) in [5.74, 6) is 1.66. The molecule has 1 aromatic carbocycles. The average Bonchev–Trinajstić information content (AvgIpc) is 3.04. The number of aromatic amines is 1. The Morgan fingerprint density at radius 3 is 3.00 bits per heavy atom. The summed E-state index contributed by atoms with van der Waals surface area (Å²) in [7, 11) is 1.83. The van der Waals surface area contributed by atoms with Gasteiger partial charge in [-0.15, -0.1) is 5.10 Å². The standard InChI is InChI=1S/C13H16N6OS/c1-4-20-9-5-6-10-11(7-9)15-13(14-10)21-8(2)12-16-17-18-19(12)3/h5-8H,4H2,1-3H3,(H,14,15)/t8-/m0/s1. The summed E-state index contributed by atoms with van der Waals surface area (Å²) in [6.45, 7) is 4.67. The third-order valence-electron chi connectivity index (χ3n) is 3.05. The summed E-state index contributed by atoms with van der Waals surface area (Å²) in [4.78, 5) is 7.87. The van der Waals surface area contributed by atoms with E-state index in [4.69, 9.17) is 4.74 Å². The van der Waals surface area contributed by atoms with Crippen LogP contribution >= 0.6 is 11.8 Å². The maximum absolute atomic E-state index is 5.49. The van der Waals surface area contributed by atoms with Crippen molar-refractivity contribution in [2.24, 2.45) is 7.05 Å². The van der Waals surface area contributed by atoms with Crippen molar-refractivity contribution in [3.8, 4) is 5.75 Å². The number of aryl methyl sites for hydroxylation is 1. The molecule has 0 bridgehead atoms. The lowest BCUT2D eigenvalue weighted by Gasteiger charge is -2.06. The molecule has 2 aromatic heterocycles. The lowest BCUT2D eigenvalue weighted by Crippen LogP contribution is -2.01. The number of imidazole rings is 1. The van der Waals surface area contributed by atoms with Gasteiger partial charge in [0.15, 0.2) is 11.0 Å². The van der Waals surface area contributed by atoms with Gasteiger partial charge < -0.3 is 9.72 Å². The van der Waals surface area contributed by atoms with Gasteiger partial charge in [0.05, 0.1) is 22.9 Å². The molecule has 21 heavy (non-hydrogen) atoms. The van der Waals surface area contributed by atoms with Gasteiger partial charge in [-0.1, -0.05) is 11.8 Å². The number of benzene rings is 1. The molecule has 0 saturated heterocycles. The number of ether oxygens (including phenoxy) is 1. The molecule has 3 rings (SSSR count). The highest BCUT2D eigenvalue weighted by molar-refractivity contribution is 7.99. The van der Waals surface area contributed by atoms with E-state index in [9.17, 15) is 0 Å². The third kappa shape index (κ3) is 2.85. The molecule has 0 aliphatic carbocycles. The Morgan fingerprint density at radius 1 is 1.43 bits per heavy atom. The predicted octanol–water partition coefficient (Wildman–Crippen LogP) is 2.34. The molecule has 0 unspecified atom stereocenters. The minimum atomic E-state index is 0.108. The molecular formula is C13H16N6OS. The first kappa shape index (κ1) is 13.9. The van der Waals surface area contributed by atoms with E-state index >= 15 is 0 Å². The second-order valence-corrected chi connectivity index (χ2v) is 5.90. The van der Waals surface area contributed by atoms with Crippen LogP contribution in [0.4, 0.5) is 0 Å². The van der Waals surface area contributed by atoms with E-state index in [2.05, 4.69) is 32.4 Å². The van der Waals surface area contributed by atoms with Crippen LogP contribution in [0, 0.1) is 0 Å². The van der Waals surface area contributed by atoms with Crippen molar-refractivity contribution in [2.75, 3.05) is 6.61 Å². The van der Waals surface area contributed by atoms with Gasteiger partial charge in [-0.05, 0) is 36.4 Å². The van der Waals surface area contributed by atoms with Gasteiger partial charge in [-0.25, -0.2) is 9.67 Å². The van der Waals surface area contributed by atoms with Crippen molar-refractivity contribution in [3.63, 3.8) is 0 Å². The molecular weight excluding hydrogens is 288 g/mol. The van der Waals surface area contributed by atoms with E-state index in [1.165, 1.54) is 0 Å². The van der Waals surface area contributed by atoms with E-state index in [1.54, 1.807) is 16.4 Å². The van der Waals surface area contributed by atoms with Crippen LogP contribution in [0.5, 0.6) is 5.75 Å². The molecule has 0 aliphatic rings. The van der Waals surface area contributed by atoms with Crippen molar-refractivity contribution < 1.29 is 4.74 Å². The van der Waals surface area contributed by atoms with Gasteiger partial charge in [-0.2, -0.15) is 0 Å². The lowest BCUT2D eigenvalue weighted by molar-refractivity contribution is 0.340. The highest BCUT2D eigenvalue weighted by atomic mass is 32.2. The molecule has 0 radical (unpaired) electrons. The molecule has 0 amide bonds. The monoisotopic (exact) mass is 304 g/mol. The summed E-state index contributed by atoms with van der Waals surface area (Å²) in [5.41, 5.74) is 1.89. The number of nitrogens with zero attached hydrogens (tertiary/aromatic N) is 5. The fourth-order valence-corrected chi connectivity index (χ4v) is 3.04. The number of fused-ring (bicyclic) bond motifs is 1. The predicted molar refractivity (Wildman–Crippen MR) is 80.3 cm³/mol. The van der Waals surface area contributed by atoms with Gasteiger partial charge >= 0.3 is 0 Å². The zero-order chi connectivity index (χ0) is 14.8. The van der Waals surface area contributed by atoms with E-state index in [0.29, 0.717) is 6.61 Å². The summed E-state index contributed by atoms with van der Waals surface area (Å²) >= 11 is 1.59. The van der Waals surface area contributed by atoms with Crippen LogP contribution in [0.3, 0.4) is 0 Å². The van der Waals surface area contributed by atoms with Crippen LogP contribution in [-0.4, -0.2) is 36.8 Å². The van der Waals surface area contributed by atoms with Crippen molar-refractivity contribution >= 4 is 22.8 Å². The first-order valence-corrected chi connectivity index (χ1v) is 7.57. The number of hydrogen-bond acceptors (Lipinski definition) is 6. The minimum Gasteiger partial charge on any atom is -0.494 e. The molecule has 0 saturated carbocycles. The molecule has 3 aromatic rings. The van der Waals surface area contributed by atoms with E-state index < -0.39 is 0 Å². The van der Waals surface area contributed by atoms with Gasteiger partial charge in [0.25, 0.3) is 0 Å². The summed E-state index contributed by atoms with van der Waals surface area (Å²) in [6.07, 6.45) is 0. The maximum atomic E-state index is 5.49. The zero-order valence-electron chi connectivity index (χ0n) is 12.1. The summed E-state index contributed by atoms with van der Waals surface area (Å²) in [5, 5.41) is 12.5.